The summed E-state index contributed by atoms with van der Waals surface area (Å²) in [5.41, 5.74) is 0. The van der Waals surface area contributed by atoms with E-state index in [2.05, 4.69) is 4.84 Å². The van der Waals surface area contributed by atoms with E-state index in [1.165, 1.54) is 0 Å². The Morgan fingerprint density at radius 3 is 2.75 bits per heavy atom. The second-order valence-electron chi connectivity index (χ2n) is 3.67. The summed E-state index contributed by atoms with van der Waals surface area (Å²) in [5.74, 6) is 0.529. The Morgan fingerprint density at radius 1 is 1.44 bits per heavy atom. The van der Waals surface area contributed by atoms with Crippen LogP contribution in [0, 0.1) is 10.1 Å². The quantitative estimate of drug-likeness (QED) is 0.380. The number of nitrogens with zero attached hydrogens (tertiary/aromatic N) is 1. The molecule has 16 heavy (non-hydrogen) atoms. The van der Waals surface area contributed by atoms with Gasteiger partial charge in [-0.3, -0.25) is 0 Å². The fraction of sp³-hybridized carbons (Fsp3) is 1.00. The van der Waals surface area contributed by atoms with Gasteiger partial charge in [0.25, 0.3) is 5.09 Å². The van der Waals surface area contributed by atoms with Crippen LogP contribution < -0.4 is 0 Å². The lowest BCUT2D eigenvalue weighted by Crippen LogP contribution is -2.38. The summed E-state index contributed by atoms with van der Waals surface area (Å²) < 4.78 is 22.4. The molecular weight excluding hydrogens is 238 g/mol. The number of hydrogen-bond donors (Lipinski definition) is 0. The average Bonchev–Trinajstić information content (AvgIpc) is 2.79. The second kappa shape index (κ2) is 4.74. The molecule has 2 aliphatic heterocycles. The summed E-state index contributed by atoms with van der Waals surface area (Å²) in [6.07, 6.45) is -1.50. The zero-order chi connectivity index (χ0) is 11.7. The lowest BCUT2D eigenvalue weighted by molar-refractivity contribution is -0.769. The molecule has 0 N–H and O–H groups in total. The minimum atomic E-state index is -1.02. The van der Waals surface area contributed by atoms with Crippen molar-refractivity contribution >= 4 is 11.2 Å². The van der Waals surface area contributed by atoms with Crippen LogP contribution >= 0.6 is 0 Å². The van der Waals surface area contributed by atoms with E-state index in [-0.39, 0.29) is 18.0 Å². The van der Waals surface area contributed by atoms with Gasteiger partial charge in [0.1, 0.15) is 18.0 Å². The molecule has 2 fully saturated rings. The van der Waals surface area contributed by atoms with Crippen LogP contribution in [-0.2, 0) is 25.5 Å². The van der Waals surface area contributed by atoms with Gasteiger partial charge in [-0.25, -0.2) is 0 Å². The minimum absolute atomic E-state index is 0.119. The van der Waals surface area contributed by atoms with Crippen LogP contribution in [-0.4, -0.2) is 52.2 Å². The molecule has 5 atom stereocenters. The number of hydrogen-bond acceptors (Lipinski definition) is 6. The minimum Gasteiger partial charge on any atom is -0.616 e. The Balaban J connectivity index is 1.98. The Morgan fingerprint density at radius 2 is 2.12 bits per heavy atom. The topological polar surface area (TPSA) is 93.9 Å². The molecule has 7 nitrogen and oxygen atoms in total. The Kier molecular flexibility index (Phi) is 3.53. The summed E-state index contributed by atoms with van der Waals surface area (Å²) in [6.45, 7) is 2.25. The zero-order valence-corrected chi connectivity index (χ0v) is 9.55. The molecule has 0 radical (unpaired) electrons. The lowest BCUT2D eigenvalue weighted by atomic mass is 10.1. The van der Waals surface area contributed by atoms with Crippen molar-refractivity contribution in [1.29, 1.82) is 0 Å². The summed E-state index contributed by atoms with van der Waals surface area (Å²) in [6, 6.07) is 0. The predicted octanol–water partition coefficient (Wildman–Crippen LogP) is -0.502. The van der Waals surface area contributed by atoms with E-state index in [1.54, 1.807) is 0 Å². The first-order chi connectivity index (χ1) is 7.63. The first-order valence-electron chi connectivity index (χ1n) is 5.05. The highest BCUT2D eigenvalue weighted by Gasteiger charge is 2.53. The molecule has 4 unspecified atom stereocenters. The van der Waals surface area contributed by atoms with Crippen LogP contribution in [0.3, 0.4) is 0 Å². The summed E-state index contributed by atoms with van der Waals surface area (Å²) in [7, 11) is 0. The van der Waals surface area contributed by atoms with E-state index in [9.17, 15) is 14.7 Å². The average molecular weight is 251 g/mol. The molecule has 0 amide bonds. The van der Waals surface area contributed by atoms with Crippen LogP contribution in [0.15, 0.2) is 0 Å². The van der Waals surface area contributed by atoms with Crippen molar-refractivity contribution in [1.82, 2.24) is 0 Å². The molecule has 2 heterocycles. The zero-order valence-electron chi connectivity index (χ0n) is 8.74. The van der Waals surface area contributed by atoms with Crippen molar-refractivity contribution in [2.75, 3.05) is 19.0 Å². The van der Waals surface area contributed by atoms with E-state index in [1.807, 2.05) is 6.92 Å². The van der Waals surface area contributed by atoms with Crippen molar-refractivity contribution in [2.24, 2.45) is 0 Å². The third kappa shape index (κ3) is 2.10. The molecule has 0 aromatic rings. The van der Waals surface area contributed by atoms with Crippen LogP contribution in [0.2, 0.25) is 0 Å². The molecule has 0 aromatic heterocycles. The highest BCUT2D eigenvalue weighted by Crippen LogP contribution is 2.32. The van der Waals surface area contributed by atoms with E-state index in [0.717, 1.165) is 0 Å². The first-order valence-corrected chi connectivity index (χ1v) is 6.43. The summed E-state index contributed by atoms with van der Waals surface area (Å²) in [5, 5.41) is 9.19. The molecule has 0 aliphatic carbocycles. The third-order valence-corrected chi connectivity index (χ3v) is 4.45. The fourth-order valence-corrected chi connectivity index (χ4v) is 3.26. The van der Waals surface area contributed by atoms with E-state index < -0.39 is 28.5 Å². The van der Waals surface area contributed by atoms with Gasteiger partial charge in [0.2, 0.25) is 0 Å². The van der Waals surface area contributed by atoms with Gasteiger partial charge in [0.15, 0.2) is 11.4 Å². The smallest absolute Gasteiger partial charge is 0.294 e. The molecule has 2 saturated heterocycles. The van der Waals surface area contributed by atoms with Gasteiger partial charge in [-0.15, -0.1) is 10.1 Å². The third-order valence-electron chi connectivity index (χ3n) is 2.81. The molecular formula is C8H13NO6S. The maximum atomic E-state index is 11.7. The van der Waals surface area contributed by atoms with Crippen LogP contribution in [0.4, 0.5) is 0 Å². The normalized spacial score (nSPS) is 39.4. The molecule has 92 valence electrons. The van der Waals surface area contributed by atoms with Crippen molar-refractivity contribution < 1.29 is 24.0 Å². The Hall–Kier alpha value is -0.570. The van der Waals surface area contributed by atoms with Gasteiger partial charge in [0, 0.05) is 0 Å². The monoisotopic (exact) mass is 251 g/mol. The maximum absolute atomic E-state index is 11.7. The first kappa shape index (κ1) is 11.9. The lowest BCUT2D eigenvalue weighted by Gasteiger charge is -2.19. The Labute approximate surface area is 95.3 Å². The van der Waals surface area contributed by atoms with Crippen LogP contribution in [0.5, 0.6) is 0 Å². The number of rotatable bonds is 4. The Bertz CT molecular complexity index is 277. The highest BCUT2D eigenvalue weighted by molar-refractivity contribution is 7.92. The van der Waals surface area contributed by atoms with E-state index >= 15 is 0 Å². The molecule has 8 heteroatoms. The predicted molar refractivity (Wildman–Crippen MR) is 53.8 cm³/mol. The largest absolute Gasteiger partial charge is 0.616 e. The van der Waals surface area contributed by atoms with Crippen molar-refractivity contribution in [3.05, 3.63) is 10.1 Å². The van der Waals surface area contributed by atoms with Gasteiger partial charge >= 0.3 is 0 Å². The van der Waals surface area contributed by atoms with Crippen molar-refractivity contribution in [2.45, 2.75) is 30.5 Å². The van der Waals surface area contributed by atoms with Gasteiger partial charge in [-0.05, 0) is 18.1 Å². The van der Waals surface area contributed by atoms with Crippen molar-refractivity contribution in [3.63, 3.8) is 0 Å². The molecule has 0 bridgehead atoms. The summed E-state index contributed by atoms with van der Waals surface area (Å²) in [4.78, 5) is 14.7. The van der Waals surface area contributed by atoms with Gasteiger partial charge in [-0.2, -0.15) is 0 Å². The standard InChI is InChI=1S/C8H13NO6S/c1-2-16(12)6-4-14-7-5(15-9(10)11)3-13-8(6)7/h5-8H,2-4H2,1H3/t5?,6?,7?,8?,16-/m1/s1. The number of ether oxygens (including phenoxy) is 2. The van der Waals surface area contributed by atoms with Gasteiger partial charge < -0.3 is 18.9 Å². The van der Waals surface area contributed by atoms with E-state index in [4.69, 9.17) is 9.47 Å². The van der Waals surface area contributed by atoms with E-state index in [0.29, 0.717) is 12.4 Å². The molecule has 2 rings (SSSR count). The molecule has 0 saturated carbocycles. The summed E-state index contributed by atoms with van der Waals surface area (Å²) >= 11 is -1.02. The van der Waals surface area contributed by atoms with Gasteiger partial charge in [0.05, 0.1) is 13.2 Å². The second-order valence-corrected chi connectivity index (χ2v) is 5.62. The number of fused-ring (bicyclic) bond motifs is 1. The van der Waals surface area contributed by atoms with Crippen LogP contribution in [0.1, 0.15) is 6.92 Å². The maximum Gasteiger partial charge on any atom is 0.294 e. The highest BCUT2D eigenvalue weighted by atomic mass is 32.2. The molecule has 2 aliphatic rings. The molecule has 0 spiro atoms. The SMILES string of the molecule is CC[S@@+]([O-])C1COC2C(O[N+](=O)[O-])COC21. The van der Waals surface area contributed by atoms with Gasteiger partial charge in [-0.1, -0.05) is 0 Å². The van der Waals surface area contributed by atoms with Crippen molar-refractivity contribution in [3.8, 4) is 0 Å². The molecule has 0 aromatic carbocycles. The fourth-order valence-electron chi connectivity index (χ4n) is 2.07. The van der Waals surface area contributed by atoms with Crippen LogP contribution in [0.25, 0.3) is 0 Å².